The SMILES string of the molecule is Cc1ccccc1NC(=O)C(=O)Nn1c(C(=O)Nc2ccc(Cl)cc2Cl)cc2cc(Cl)ccc21. The van der Waals surface area contributed by atoms with Gasteiger partial charge in [0.2, 0.25) is 0 Å². The minimum atomic E-state index is -0.964. The number of nitrogens with zero attached hydrogens (tertiary/aromatic N) is 1. The average Bonchev–Trinajstić information content (AvgIpc) is 3.14. The van der Waals surface area contributed by atoms with Gasteiger partial charge in [0.1, 0.15) is 5.69 Å². The summed E-state index contributed by atoms with van der Waals surface area (Å²) in [7, 11) is 0. The predicted molar refractivity (Wildman–Crippen MR) is 136 cm³/mol. The first-order chi connectivity index (χ1) is 16.2. The molecule has 0 unspecified atom stereocenters. The van der Waals surface area contributed by atoms with Crippen molar-refractivity contribution in [1.82, 2.24) is 4.68 Å². The van der Waals surface area contributed by atoms with Gasteiger partial charge in [0, 0.05) is 21.1 Å². The minimum absolute atomic E-state index is 0.0559. The van der Waals surface area contributed by atoms with E-state index in [4.69, 9.17) is 34.8 Å². The van der Waals surface area contributed by atoms with Crippen LogP contribution in [0.3, 0.4) is 0 Å². The Labute approximate surface area is 209 Å². The standard InChI is InChI=1S/C24H17Cl3N4O3/c1-13-4-2-3-5-18(13)28-23(33)24(34)30-31-20-9-7-15(25)10-14(20)11-21(31)22(32)29-19-8-6-16(26)12-17(19)27/h2-12H,1H3,(H,28,33)(H,29,32)(H,30,34). The van der Waals surface area contributed by atoms with Gasteiger partial charge in [-0.05, 0) is 61.0 Å². The number of carbonyl (C=O) groups excluding carboxylic acids is 3. The molecular weight excluding hydrogens is 499 g/mol. The van der Waals surface area contributed by atoms with Crippen molar-refractivity contribution in [2.75, 3.05) is 16.1 Å². The Morgan fingerprint density at radius 3 is 2.21 bits per heavy atom. The number of carbonyl (C=O) groups is 3. The van der Waals surface area contributed by atoms with Crippen LogP contribution in [-0.2, 0) is 9.59 Å². The van der Waals surface area contributed by atoms with Crippen molar-refractivity contribution in [1.29, 1.82) is 0 Å². The van der Waals surface area contributed by atoms with E-state index in [9.17, 15) is 14.4 Å². The molecule has 0 aliphatic carbocycles. The molecule has 0 fully saturated rings. The van der Waals surface area contributed by atoms with Crippen LogP contribution in [0.2, 0.25) is 15.1 Å². The molecule has 7 nitrogen and oxygen atoms in total. The van der Waals surface area contributed by atoms with Gasteiger partial charge in [0.15, 0.2) is 0 Å². The van der Waals surface area contributed by atoms with Crippen molar-refractivity contribution < 1.29 is 14.4 Å². The topological polar surface area (TPSA) is 92.2 Å². The number of nitrogens with one attached hydrogen (secondary N) is 3. The Bertz CT molecular complexity index is 1450. The lowest BCUT2D eigenvalue weighted by atomic mass is 10.2. The van der Waals surface area contributed by atoms with Gasteiger partial charge in [-0.15, -0.1) is 0 Å². The van der Waals surface area contributed by atoms with E-state index >= 15 is 0 Å². The van der Waals surface area contributed by atoms with E-state index in [1.165, 1.54) is 10.7 Å². The van der Waals surface area contributed by atoms with Crippen LogP contribution < -0.4 is 16.1 Å². The fraction of sp³-hybridized carbons (Fsp3) is 0.0417. The number of fused-ring (bicyclic) bond motifs is 1. The summed E-state index contributed by atoms with van der Waals surface area (Å²) in [4.78, 5) is 38.4. The van der Waals surface area contributed by atoms with Crippen molar-refractivity contribution >= 4 is 74.8 Å². The number of para-hydroxylation sites is 1. The number of hydrogen-bond donors (Lipinski definition) is 3. The van der Waals surface area contributed by atoms with E-state index < -0.39 is 17.7 Å². The van der Waals surface area contributed by atoms with Crippen LogP contribution in [-0.4, -0.2) is 22.4 Å². The van der Waals surface area contributed by atoms with Crippen LogP contribution in [0.5, 0.6) is 0 Å². The number of anilines is 2. The molecule has 4 aromatic rings. The number of benzene rings is 3. The molecule has 10 heteroatoms. The maximum Gasteiger partial charge on any atom is 0.328 e. The highest BCUT2D eigenvalue weighted by Gasteiger charge is 2.22. The molecule has 1 aromatic heterocycles. The van der Waals surface area contributed by atoms with Crippen LogP contribution in [0.15, 0.2) is 66.7 Å². The van der Waals surface area contributed by atoms with E-state index in [0.717, 1.165) is 5.56 Å². The van der Waals surface area contributed by atoms with Gasteiger partial charge in [-0.2, -0.15) is 0 Å². The number of rotatable bonds is 4. The molecule has 172 valence electrons. The number of aryl methyl sites for hydroxylation is 1. The van der Waals surface area contributed by atoms with Crippen LogP contribution in [0, 0.1) is 6.92 Å². The smallest absolute Gasteiger partial charge is 0.319 e. The van der Waals surface area contributed by atoms with Gasteiger partial charge in [-0.1, -0.05) is 53.0 Å². The third-order valence-corrected chi connectivity index (χ3v) is 5.77. The third kappa shape index (κ3) is 5.02. The fourth-order valence-electron chi connectivity index (χ4n) is 3.30. The van der Waals surface area contributed by atoms with Crippen LogP contribution in [0.4, 0.5) is 11.4 Å². The largest absolute Gasteiger partial charge is 0.328 e. The van der Waals surface area contributed by atoms with Crippen molar-refractivity contribution in [3.63, 3.8) is 0 Å². The normalized spacial score (nSPS) is 10.7. The first-order valence-electron chi connectivity index (χ1n) is 9.98. The molecule has 0 aliphatic heterocycles. The predicted octanol–water partition coefficient (Wildman–Crippen LogP) is 5.87. The summed E-state index contributed by atoms with van der Waals surface area (Å²) in [5.41, 5.74) is 4.64. The van der Waals surface area contributed by atoms with Crippen LogP contribution in [0.1, 0.15) is 16.1 Å². The first-order valence-corrected chi connectivity index (χ1v) is 11.1. The summed E-state index contributed by atoms with van der Waals surface area (Å²) in [5, 5.41) is 6.94. The Balaban J connectivity index is 1.65. The highest BCUT2D eigenvalue weighted by Crippen LogP contribution is 2.27. The monoisotopic (exact) mass is 514 g/mol. The average molecular weight is 516 g/mol. The summed E-state index contributed by atoms with van der Waals surface area (Å²) in [6.45, 7) is 1.81. The molecule has 3 amide bonds. The number of amides is 3. The van der Waals surface area contributed by atoms with E-state index in [2.05, 4.69) is 16.1 Å². The zero-order chi connectivity index (χ0) is 24.4. The summed E-state index contributed by atoms with van der Waals surface area (Å²) in [5.74, 6) is -2.43. The molecule has 3 N–H and O–H groups in total. The zero-order valence-electron chi connectivity index (χ0n) is 17.7. The number of halogens is 3. The van der Waals surface area contributed by atoms with Crippen molar-refractivity contribution in [2.45, 2.75) is 6.92 Å². The maximum absolute atomic E-state index is 13.1. The fourth-order valence-corrected chi connectivity index (χ4v) is 3.93. The van der Waals surface area contributed by atoms with E-state index in [-0.39, 0.29) is 10.7 Å². The molecule has 0 saturated carbocycles. The third-order valence-electron chi connectivity index (χ3n) is 4.99. The Hall–Kier alpha value is -3.52. The van der Waals surface area contributed by atoms with Gasteiger partial charge in [-0.3, -0.25) is 19.8 Å². The molecule has 34 heavy (non-hydrogen) atoms. The Kier molecular flexibility index (Phi) is 6.79. The summed E-state index contributed by atoms with van der Waals surface area (Å²) in [6.07, 6.45) is 0. The second-order valence-electron chi connectivity index (χ2n) is 7.36. The highest BCUT2D eigenvalue weighted by molar-refractivity contribution is 6.42. The number of aromatic nitrogens is 1. The van der Waals surface area contributed by atoms with Crippen LogP contribution in [0.25, 0.3) is 10.9 Å². The quantitative estimate of drug-likeness (QED) is 0.297. The molecule has 0 atom stereocenters. The van der Waals surface area contributed by atoms with Crippen molar-refractivity contribution in [3.05, 3.63) is 93.1 Å². The summed E-state index contributed by atoms with van der Waals surface area (Å²) >= 11 is 18.2. The molecule has 4 rings (SSSR count). The minimum Gasteiger partial charge on any atom is -0.319 e. The van der Waals surface area contributed by atoms with Gasteiger partial charge in [0.05, 0.1) is 16.2 Å². The van der Waals surface area contributed by atoms with E-state index in [0.29, 0.717) is 32.3 Å². The highest BCUT2D eigenvalue weighted by atomic mass is 35.5. The molecule has 1 heterocycles. The Morgan fingerprint density at radius 2 is 1.47 bits per heavy atom. The van der Waals surface area contributed by atoms with Gasteiger partial charge in [-0.25, -0.2) is 4.68 Å². The van der Waals surface area contributed by atoms with Gasteiger partial charge >= 0.3 is 11.8 Å². The molecular formula is C24H17Cl3N4O3. The van der Waals surface area contributed by atoms with Gasteiger partial charge < -0.3 is 10.6 Å². The van der Waals surface area contributed by atoms with Gasteiger partial charge in [0.25, 0.3) is 5.91 Å². The molecule has 0 bridgehead atoms. The second-order valence-corrected chi connectivity index (χ2v) is 8.64. The molecule has 3 aromatic carbocycles. The molecule has 0 spiro atoms. The van der Waals surface area contributed by atoms with Crippen LogP contribution >= 0.6 is 34.8 Å². The molecule has 0 radical (unpaired) electrons. The van der Waals surface area contributed by atoms with Crippen molar-refractivity contribution in [2.24, 2.45) is 0 Å². The van der Waals surface area contributed by atoms with E-state index in [1.807, 2.05) is 6.07 Å². The molecule has 0 saturated heterocycles. The lowest BCUT2D eigenvalue weighted by molar-refractivity contribution is -0.133. The summed E-state index contributed by atoms with van der Waals surface area (Å²) in [6, 6.07) is 18.1. The second kappa shape index (κ2) is 9.77. The number of hydrogen-bond acceptors (Lipinski definition) is 3. The maximum atomic E-state index is 13.1. The lowest BCUT2D eigenvalue weighted by Gasteiger charge is -2.14. The summed E-state index contributed by atoms with van der Waals surface area (Å²) < 4.78 is 1.23. The first kappa shape index (κ1) is 23.6. The molecule has 0 aliphatic rings. The lowest BCUT2D eigenvalue weighted by Crippen LogP contribution is -2.36. The van der Waals surface area contributed by atoms with Crippen molar-refractivity contribution in [3.8, 4) is 0 Å². The zero-order valence-corrected chi connectivity index (χ0v) is 19.9. The Morgan fingerprint density at radius 1 is 0.765 bits per heavy atom. The van der Waals surface area contributed by atoms with E-state index in [1.54, 1.807) is 61.5 Å².